The number of thiophene rings is 1. The van der Waals surface area contributed by atoms with Gasteiger partial charge in [-0.2, -0.15) is 5.10 Å². The Morgan fingerprint density at radius 3 is 3.04 bits per heavy atom. The lowest BCUT2D eigenvalue weighted by atomic mass is 9.80. The lowest BCUT2D eigenvalue weighted by Gasteiger charge is -2.33. The Morgan fingerprint density at radius 2 is 2.31 bits per heavy atom. The highest BCUT2D eigenvalue weighted by Gasteiger charge is 2.34. The molecular formula is C18H21N3O4S. The highest BCUT2D eigenvalue weighted by atomic mass is 32.1. The molecule has 2 aromatic rings. The number of nitrogens with zero attached hydrogens (tertiary/aromatic N) is 1. The highest BCUT2D eigenvalue weighted by Crippen LogP contribution is 2.38. The number of aromatic amines is 1. The summed E-state index contributed by atoms with van der Waals surface area (Å²) in [5.41, 5.74) is 0.957. The molecule has 1 saturated carbocycles. The quantitative estimate of drug-likeness (QED) is 0.757. The van der Waals surface area contributed by atoms with Crippen molar-refractivity contribution < 1.29 is 19.1 Å². The van der Waals surface area contributed by atoms with E-state index in [2.05, 4.69) is 15.5 Å². The van der Waals surface area contributed by atoms with Crippen molar-refractivity contribution in [1.29, 1.82) is 0 Å². The molecule has 2 aromatic heterocycles. The molecule has 1 atom stereocenters. The molecule has 2 N–H and O–H groups in total. The van der Waals surface area contributed by atoms with Gasteiger partial charge in [-0.15, -0.1) is 11.3 Å². The number of nitrogens with one attached hydrogen (secondary N) is 2. The number of amides is 1. The van der Waals surface area contributed by atoms with E-state index in [9.17, 15) is 9.59 Å². The number of aromatic nitrogens is 2. The number of hydrogen-bond donors (Lipinski definition) is 2. The Morgan fingerprint density at radius 1 is 1.42 bits per heavy atom. The Labute approximate surface area is 155 Å². The van der Waals surface area contributed by atoms with E-state index in [-0.39, 0.29) is 30.0 Å². The van der Waals surface area contributed by atoms with Gasteiger partial charge in [0.15, 0.2) is 5.82 Å². The topological polar surface area (TPSA) is 93.3 Å². The van der Waals surface area contributed by atoms with Crippen LogP contribution in [0.2, 0.25) is 0 Å². The number of carbonyl (C=O) groups excluding carboxylic acids is 2. The molecular weight excluding hydrogens is 354 g/mol. The van der Waals surface area contributed by atoms with Gasteiger partial charge >= 0.3 is 5.97 Å². The maximum Gasteiger partial charge on any atom is 0.311 e. The zero-order chi connectivity index (χ0) is 17.9. The maximum atomic E-state index is 12.0. The number of H-pyrrole nitrogens is 1. The first-order valence-electron chi connectivity index (χ1n) is 8.87. The molecule has 1 amide bonds. The number of ether oxygens (including phenoxy) is 2. The Bertz CT molecular complexity index is 761. The molecule has 1 aliphatic heterocycles. The molecule has 0 radical (unpaired) electrons. The van der Waals surface area contributed by atoms with E-state index in [1.165, 1.54) is 0 Å². The predicted octanol–water partition coefficient (Wildman–Crippen LogP) is 2.62. The van der Waals surface area contributed by atoms with E-state index in [0.29, 0.717) is 18.8 Å². The van der Waals surface area contributed by atoms with Crippen molar-refractivity contribution in [1.82, 2.24) is 10.2 Å². The summed E-state index contributed by atoms with van der Waals surface area (Å²) >= 11 is 1.56. The Hall–Kier alpha value is -2.19. The first-order chi connectivity index (χ1) is 12.7. The summed E-state index contributed by atoms with van der Waals surface area (Å²) in [5.74, 6) is 0.466. The third-order valence-corrected chi connectivity index (χ3v) is 5.68. The van der Waals surface area contributed by atoms with Crippen LogP contribution in [0.4, 0.5) is 5.82 Å². The van der Waals surface area contributed by atoms with Crippen LogP contribution in [0.15, 0.2) is 23.6 Å². The van der Waals surface area contributed by atoms with Crippen LogP contribution in [-0.4, -0.2) is 40.9 Å². The van der Waals surface area contributed by atoms with Crippen molar-refractivity contribution in [2.75, 3.05) is 11.9 Å². The summed E-state index contributed by atoms with van der Waals surface area (Å²) < 4.78 is 10.9. The molecule has 138 valence electrons. The first-order valence-corrected chi connectivity index (χ1v) is 9.75. The average molecular weight is 375 g/mol. The molecule has 8 heteroatoms. The van der Waals surface area contributed by atoms with Gasteiger partial charge in [-0.05, 0) is 37.1 Å². The van der Waals surface area contributed by atoms with Gasteiger partial charge in [-0.3, -0.25) is 14.7 Å². The van der Waals surface area contributed by atoms with E-state index in [1.54, 1.807) is 11.3 Å². The van der Waals surface area contributed by atoms with E-state index in [1.807, 2.05) is 23.6 Å². The van der Waals surface area contributed by atoms with E-state index < -0.39 is 0 Å². The monoisotopic (exact) mass is 375 g/mol. The van der Waals surface area contributed by atoms with Gasteiger partial charge in [0.05, 0.1) is 6.42 Å². The molecule has 1 saturated heterocycles. The standard InChI is InChI=1S/C18H21N3O4S/c22-17(9-13-3-2-6-26-13)25-12-7-11(8-12)14-10-16(21-20-14)19-18(23)15-4-1-5-24-15/h2-3,6,10-12,15H,1,4-5,7-9H2,(H2,19,20,21,23)/t11?,12?,15-/m1/s1. The summed E-state index contributed by atoms with van der Waals surface area (Å²) in [7, 11) is 0. The van der Waals surface area contributed by atoms with Gasteiger partial charge in [0, 0.05) is 29.2 Å². The molecule has 0 bridgehead atoms. The first kappa shape index (κ1) is 17.2. The number of hydrogen-bond acceptors (Lipinski definition) is 6. The molecule has 0 unspecified atom stereocenters. The van der Waals surface area contributed by atoms with Gasteiger partial charge in [-0.1, -0.05) is 6.07 Å². The number of anilines is 1. The minimum Gasteiger partial charge on any atom is -0.462 e. The van der Waals surface area contributed by atoms with Gasteiger partial charge in [0.2, 0.25) is 0 Å². The summed E-state index contributed by atoms with van der Waals surface area (Å²) in [6.07, 6.45) is 3.15. The second-order valence-corrected chi connectivity index (χ2v) is 7.77. The average Bonchev–Trinajstić information content (AvgIpc) is 3.32. The maximum absolute atomic E-state index is 12.0. The van der Waals surface area contributed by atoms with Crippen LogP contribution in [0.5, 0.6) is 0 Å². The summed E-state index contributed by atoms with van der Waals surface area (Å²) in [6.45, 7) is 0.637. The van der Waals surface area contributed by atoms with Gasteiger partial charge in [-0.25, -0.2) is 0 Å². The lowest BCUT2D eigenvalue weighted by molar-refractivity contribution is -0.153. The van der Waals surface area contributed by atoms with Crippen molar-refractivity contribution in [3.05, 3.63) is 34.2 Å². The third-order valence-electron chi connectivity index (χ3n) is 4.80. The largest absolute Gasteiger partial charge is 0.462 e. The van der Waals surface area contributed by atoms with Crippen LogP contribution in [0.25, 0.3) is 0 Å². The fourth-order valence-electron chi connectivity index (χ4n) is 3.30. The van der Waals surface area contributed by atoms with E-state index >= 15 is 0 Å². The van der Waals surface area contributed by atoms with Gasteiger partial charge in [0.25, 0.3) is 5.91 Å². The van der Waals surface area contributed by atoms with Crippen LogP contribution < -0.4 is 5.32 Å². The van der Waals surface area contributed by atoms with Crippen LogP contribution in [0.3, 0.4) is 0 Å². The summed E-state index contributed by atoms with van der Waals surface area (Å²) in [5, 5.41) is 11.9. The lowest BCUT2D eigenvalue weighted by Crippen LogP contribution is -2.32. The normalized spacial score (nSPS) is 24.8. The van der Waals surface area contributed by atoms with Crippen molar-refractivity contribution in [2.24, 2.45) is 0 Å². The summed E-state index contributed by atoms with van der Waals surface area (Å²) in [6, 6.07) is 5.72. The van der Waals surface area contributed by atoms with Crippen LogP contribution in [0.1, 0.15) is 42.2 Å². The fourth-order valence-corrected chi connectivity index (χ4v) is 3.99. The van der Waals surface area contributed by atoms with Crippen LogP contribution in [-0.2, 0) is 25.5 Å². The molecule has 1 aliphatic carbocycles. The van der Waals surface area contributed by atoms with Crippen LogP contribution in [0, 0.1) is 0 Å². The van der Waals surface area contributed by atoms with Crippen LogP contribution >= 0.6 is 11.3 Å². The number of rotatable bonds is 6. The van der Waals surface area contributed by atoms with E-state index in [0.717, 1.165) is 36.3 Å². The molecule has 0 aromatic carbocycles. The molecule has 26 heavy (non-hydrogen) atoms. The van der Waals surface area contributed by atoms with E-state index in [4.69, 9.17) is 9.47 Å². The molecule has 2 aliphatic rings. The van der Waals surface area contributed by atoms with Crippen molar-refractivity contribution >= 4 is 29.0 Å². The SMILES string of the molecule is O=C(Cc1cccs1)OC1CC(c2cc(NC(=O)[C@H]3CCCO3)n[nH]2)C1. The van der Waals surface area contributed by atoms with Crippen molar-refractivity contribution in [2.45, 2.75) is 50.2 Å². The molecule has 0 spiro atoms. The van der Waals surface area contributed by atoms with Crippen molar-refractivity contribution in [3.63, 3.8) is 0 Å². The Balaban J connectivity index is 1.22. The van der Waals surface area contributed by atoms with Gasteiger partial charge < -0.3 is 14.8 Å². The minimum absolute atomic E-state index is 0.0410. The minimum atomic E-state index is -0.369. The second-order valence-electron chi connectivity index (χ2n) is 6.74. The Kier molecular flexibility index (Phi) is 5.03. The van der Waals surface area contributed by atoms with Gasteiger partial charge in [0.1, 0.15) is 12.2 Å². The fraction of sp³-hybridized carbons (Fsp3) is 0.500. The number of carbonyl (C=O) groups is 2. The molecule has 7 nitrogen and oxygen atoms in total. The molecule has 4 rings (SSSR count). The molecule has 2 fully saturated rings. The van der Waals surface area contributed by atoms with Crippen molar-refractivity contribution in [3.8, 4) is 0 Å². The zero-order valence-electron chi connectivity index (χ0n) is 14.3. The highest BCUT2D eigenvalue weighted by molar-refractivity contribution is 7.10. The third kappa shape index (κ3) is 3.96. The second kappa shape index (κ2) is 7.59. The predicted molar refractivity (Wildman–Crippen MR) is 96.1 cm³/mol. The number of esters is 1. The summed E-state index contributed by atoms with van der Waals surface area (Å²) in [4.78, 5) is 25.0. The smallest absolute Gasteiger partial charge is 0.311 e. The molecule has 3 heterocycles. The zero-order valence-corrected chi connectivity index (χ0v) is 15.1.